The van der Waals surface area contributed by atoms with Gasteiger partial charge in [-0.1, -0.05) is 6.92 Å². The van der Waals surface area contributed by atoms with Gasteiger partial charge in [0.25, 0.3) is 0 Å². The third-order valence-electron chi connectivity index (χ3n) is 2.14. The van der Waals surface area contributed by atoms with Crippen LogP contribution >= 0.6 is 0 Å². The van der Waals surface area contributed by atoms with Crippen LogP contribution in [0.25, 0.3) is 0 Å². The molecule has 7 heteroatoms. The van der Waals surface area contributed by atoms with E-state index in [1.807, 2.05) is 6.92 Å². The minimum absolute atomic E-state index is 0.0144. The van der Waals surface area contributed by atoms with Crippen LogP contribution in [0.15, 0.2) is 12.1 Å². The fourth-order valence-electron chi connectivity index (χ4n) is 1.17. The summed E-state index contributed by atoms with van der Waals surface area (Å²) in [7, 11) is 0. The molecule has 100 valence electrons. The molecule has 1 amide bonds. The molecule has 0 aliphatic carbocycles. The highest BCUT2D eigenvalue weighted by Gasteiger charge is 2.11. The Balaban J connectivity index is 2.63. The number of hydrogen-bond acceptors (Lipinski definition) is 6. The molecular weight excluding hydrogens is 236 g/mol. The molecule has 0 aromatic carbocycles. The lowest BCUT2D eigenvalue weighted by Crippen LogP contribution is -2.34. The van der Waals surface area contributed by atoms with Gasteiger partial charge in [0.1, 0.15) is 11.9 Å². The lowest BCUT2D eigenvalue weighted by molar-refractivity contribution is -0.125. The largest absolute Gasteiger partial charge is 0.476 e. The summed E-state index contributed by atoms with van der Waals surface area (Å²) in [6, 6.07) is 3.26. The van der Waals surface area contributed by atoms with Crippen molar-refractivity contribution < 1.29 is 14.6 Å². The molecule has 1 atom stereocenters. The minimum Gasteiger partial charge on any atom is -0.476 e. The number of hydrogen-bond donors (Lipinski definition) is 4. The number of carbonyl (C=O) groups excluding carboxylic acids is 1. The summed E-state index contributed by atoms with van der Waals surface area (Å²) < 4.78 is 5.35. The maximum Gasteiger partial charge on any atom is 0.248 e. The van der Waals surface area contributed by atoms with Crippen molar-refractivity contribution in [2.24, 2.45) is 5.73 Å². The Morgan fingerprint density at radius 2 is 2.33 bits per heavy atom. The van der Waals surface area contributed by atoms with E-state index in [2.05, 4.69) is 10.3 Å². The normalized spacial score (nSPS) is 11.9. The number of rotatable bonds is 7. The van der Waals surface area contributed by atoms with Gasteiger partial charge in [-0.3, -0.25) is 4.79 Å². The molecule has 0 radical (unpaired) electrons. The number of nitrogens with one attached hydrogen (secondary N) is 1. The van der Waals surface area contributed by atoms with E-state index < -0.39 is 12.0 Å². The summed E-state index contributed by atoms with van der Waals surface area (Å²) in [6.45, 7) is 2.48. The number of primary amides is 1. The van der Waals surface area contributed by atoms with Gasteiger partial charge in [0, 0.05) is 0 Å². The number of nitrogens with two attached hydrogens (primary N) is 2. The van der Waals surface area contributed by atoms with Gasteiger partial charge >= 0.3 is 0 Å². The molecule has 6 N–H and O–H groups in total. The molecule has 0 aliphatic heterocycles. The summed E-state index contributed by atoms with van der Waals surface area (Å²) >= 11 is 0. The van der Waals surface area contributed by atoms with Crippen LogP contribution in [0.1, 0.15) is 13.3 Å². The molecule has 1 rings (SSSR count). The summed E-state index contributed by atoms with van der Waals surface area (Å²) in [4.78, 5) is 14.8. The van der Waals surface area contributed by atoms with Gasteiger partial charge in [0.2, 0.25) is 11.8 Å². The Hall–Kier alpha value is -2.02. The second-order valence-corrected chi connectivity index (χ2v) is 3.74. The average Bonchev–Trinajstić information content (AvgIpc) is 2.35. The number of aliphatic hydroxyl groups excluding tert-OH is 1. The topological polar surface area (TPSA) is 123 Å². The smallest absolute Gasteiger partial charge is 0.248 e. The van der Waals surface area contributed by atoms with Gasteiger partial charge < -0.3 is 26.6 Å². The minimum atomic E-state index is -1.26. The zero-order valence-corrected chi connectivity index (χ0v) is 10.2. The van der Waals surface area contributed by atoms with Crippen LogP contribution in [0.4, 0.5) is 11.5 Å². The van der Waals surface area contributed by atoms with E-state index in [1.54, 1.807) is 12.1 Å². The SMILES string of the molecule is CCCOc1nc(NCC(O)C(N)=O)ccc1N. The van der Waals surface area contributed by atoms with Crippen LogP contribution in [-0.2, 0) is 4.79 Å². The first-order valence-electron chi connectivity index (χ1n) is 5.65. The first-order chi connectivity index (χ1) is 8.54. The Labute approximate surface area is 105 Å². The predicted octanol–water partition coefficient (Wildman–Crippen LogP) is -0.289. The number of aliphatic hydroxyl groups is 1. The molecule has 0 saturated heterocycles. The summed E-state index contributed by atoms with van der Waals surface area (Å²) in [6.07, 6.45) is -0.413. The highest BCUT2D eigenvalue weighted by Crippen LogP contribution is 2.20. The summed E-state index contributed by atoms with van der Waals surface area (Å²) in [5.74, 6) is -0.00795. The molecule has 0 spiro atoms. The fourth-order valence-corrected chi connectivity index (χ4v) is 1.17. The first-order valence-corrected chi connectivity index (χ1v) is 5.65. The monoisotopic (exact) mass is 254 g/mol. The molecule has 1 aromatic heterocycles. The maximum atomic E-state index is 10.7. The third-order valence-corrected chi connectivity index (χ3v) is 2.14. The van der Waals surface area contributed by atoms with Crippen molar-refractivity contribution >= 4 is 17.4 Å². The number of ether oxygens (including phenoxy) is 1. The zero-order chi connectivity index (χ0) is 13.5. The Morgan fingerprint density at radius 1 is 1.61 bits per heavy atom. The highest BCUT2D eigenvalue weighted by atomic mass is 16.5. The second-order valence-electron chi connectivity index (χ2n) is 3.74. The predicted molar refractivity (Wildman–Crippen MR) is 68.1 cm³/mol. The maximum absolute atomic E-state index is 10.7. The van der Waals surface area contributed by atoms with Crippen LogP contribution in [0.2, 0.25) is 0 Å². The second kappa shape index (κ2) is 6.65. The Morgan fingerprint density at radius 3 is 2.94 bits per heavy atom. The van der Waals surface area contributed by atoms with Crippen molar-refractivity contribution in [3.8, 4) is 5.88 Å². The van der Waals surface area contributed by atoms with Gasteiger partial charge in [-0.05, 0) is 18.6 Å². The van der Waals surface area contributed by atoms with Gasteiger partial charge in [-0.2, -0.15) is 4.98 Å². The third kappa shape index (κ3) is 4.10. The first kappa shape index (κ1) is 14.0. The van der Waals surface area contributed by atoms with Crippen LogP contribution in [0, 0.1) is 0 Å². The van der Waals surface area contributed by atoms with Crippen LogP contribution in [-0.4, -0.2) is 35.3 Å². The zero-order valence-electron chi connectivity index (χ0n) is 10.2. The average molecular weight is 254 g/mol. The van der Waals surface area contributed by atoms with E-state index in [1.165, 1.54) is 0 Å². The number of nitrogens with zero attached hydrogens (tertiary/aromatic N) is 1. The molecule has 0 bridgehead atoms. The van der Waals surface area contributed by atoms with Crippen LogP contribution in [0.3, 0.4) is 0 Å². The molecule has 18 heavy (non-hydrogen) atoms. The van der Waals surface area contributed by atoms with Crippen LogP contribution in [0.5, 0.6) is 5.88 Å². The lowest BCUT2D eigenvalue weighted by Gasteiger charge is -2.11. The van der Waals surface area contributed by atoms with Gasteiger partial charge in [-0.25, -0.2) is 0 Å². The van der Waals surface area contributed by atoms with Gasteiger partial charge in [0.15, 0.2) is 0 Å². The number of pyridine rings is 1. The molecule has 0 saturated carbocycles. The van der Waals surface area contributed by atoms with E-state index >= 15 is 0 Å². The number of amides is 1. The highest BCUT2D eigenvalue weighted by molar-refractivity contribution is 5.79. The number of carbonyl (C=O) groups is 1. The number of nitrogen functional groups attached to an aromatic ring is 1. The van der Waals surface area contributed by atoms with Crippen molar-refractivity contribution in [1.29, 1.82) is 0 Å². The van der Waals surface area contributed by atoms with Crippen molar-refractivity contribution in [2.75, 3.05) is 24.2 Å². The van der Waals surface area contributed by atoms with Crippen molar-refractivity contribution in [1.82, 2.24) is 4.98 Å². The molecular formula is C11H18N4O3. The molecule has 7 nitrogen and oxygen atoms in total. The van der Waals surface area contributed by atoms with E-state index in [0.29, 0.717) is 24.0 Å². The number of anilines is 2. The van der Waals surface area contributed by atoms with Gasteiger partial charge in [-0.15, -0.1) is 0 Å². The van der Waals surface area contributed by atoms with Gasteiger partial charge in [0.05, 0.1) is 18.8 Å². The standard InChI is InChI=1S/C11H18N4O3/c1-2-5-18-11-7(12)3-4-9(15-11)14-6-8(16)10(13)17/h3-4,8,16H,2,5-6,12H2,1H3,(H2,13,17)(H,14,15). The fraction of sp³-hybridized carbons (Fsp3) is 0.455. The quantitative estimate of drug-likeness (QED) is 0.530. The Kier molecular flexibility index (Phi) is 5.19. The molecule has 1 heterocycles. The Bertz CT molecular complexity index is 411. The van der Waals surface area contributed by atoms with Crippen molar-refractivity contribution in [3.63, 3.8) is 0 Å². The van der Waals surface area contributed by atoms with E-state index in [0.717, 1.165) is 6.42 Å². The molecule has 0 aliphatic rings. The summed E-state index contributed by atoms with van der Waals surface area (Å²) in [5.41, 5.74) is 11.1. The van der Waals surface area contributed by atoms with Crippen molar-refractivity contribution in [2.45, 2.75) is 19.4 Å². The lowest BCUT2D eigenvalue weighted by atomic mass is 10.3. The number of aromatic nitrogens is 1. The van der Waals surface area contributed by atoms with E-state index in [-0.39, 0.29) is 6.54 Å². The molecule has 1 aromatic rings. The molecule has 0 fully saturated rings. The molecule has 1 unspecified atom stereocenters. The van der Waals surface area contributed by atoms with Crippen molar-refractivity contribution in [3.05, 3.63) is 12.1 Å². The van der Waals surface area contributed by atoms with E-state index in [4.69, 9.17) is 16.2 Å². The van der Waals surface area contributed by atoms with E-state index in [9.17, 15) is 9.90 Å². The van der Waals surface area contributed by atoms with Crippen LogP contribution < -0.4 is 21.5 Å². The summed E-state index contributed by atoms with van der Waals surface area (Å²) in [5, 5.41) is 12.0.